The number of aliphatic hydroxyl groups is 1. The second-order valence-corrected chi connectivity index (χ2v) is 7.72. The van der Waals surface area contributed by atoms with Crippen LogP contribution in [-0.4, -0.2) is 38.4 Å². The third-order valence-corrected chi connectivity index (χ3v) is 5.39. The van der Waals surface area contributed by atoms with Crippen LogP contribution < -0.4 is 4.74 Å². The van der Waals surface area contributed by atoms with Crippen LogP contribution in [0.15, 0.2) is 65.6 Å². The summed E-state index contributed by atoms with van der Waals surface area (Å²) >= 11 is 0. The lowest BCUT2D eigenvalue weighted by atomic mass is 10.1. The molecule has 3 atom stereocenters. The lowest BCUT2D eigenvalue weighted by molar-refractivity contribution is -0.280. The SMILES string of the molecule is O=S(=O)(OC(O)(Oc1ccccc1)[C@H]1O[C@H]1CCCCF)c1ccccc1. The van der Waals surface area contributed by atoms with Crippen LogP contribution in [0.5, 0.6) is 5.75 Å². The van der Waals surface area contributed by atoms with Gasteiger partial charge in [0.25, 0.3) is 0 Å². The van der Waals surface area contributed by atoms with Crippen molar-refractivity contribution in [1.82, 2.24) is 0 Å². The molecule has 1 heterocycles. The number of unbranched alkanes of at least 4 members (excludes halogenated alkanes) is 1. The highest BCUT2D eigenvalue weighted by Gasteiger charge is 2.60. The molecule has 146 valence electrons. The van der Waals surface area contributed by atoms with Gasteiger partial charge < -0.3 is 14.6 Å². The highest BCUT2D eigenvalue weighted by molar-refractivity contribution is 7.86. The maximum absolute atomic E-state index is 12.6. The van der Waals surface area contributed by atoms with Crippen LogP contribution in [0.1, 0.15) is 19.3 Å². The molecule has 6 nitrogen and oxygen atoms in total. The van der Waals surface area contributed by atoms with Crippen molar-refractivity contribution in [1.29, 1.82) is 0 Å². The largest absolute Gasteiger partial charge is 0.436 e. The van der Waals surface area contributed by atoms with Crippen molar-refractivity contribution in [2.45, 2.75) is 42.3 Å². The van der Waals surface area contributed by atoms with Gasteiger partial charge in [-0.25, -0.2) is 0 Å². The molecule has 1 saturated heterocycles. The van der Waals surface area contributed by atoms with Gasteiger partial charge in [-0.05, 0) is 43.5 Å². The van der Waals surface area contributed by atoms with E-state index in [-0.39, 0.29) is 10.6 Å². The van der Waals surface area contributed by atoms with Crippen LogP contribution >= 0.6 is 0 Å². The molecule has 27 heavy (non-hydrogen) atoms. The van der Waals surface area contributed by atoms with E-state index in [1.54, 1.807) is 48.5 Å². The molecule has 1 N–H and O–H groups in total. The predicted octanol–water partition coefficient (Wildman–Crippen LogP) is 3.02. The topological polar surface area (TPSA) is 85.4 Å². The molecule has 3 rings (SSSR count). The Kier molecular flexibility index (Phi) is 6.11. The average molecular weight is 396 g/mol. The molecule has 0 radical (unpaired) electrons. The first-order valence-corrected chi connectivity index (χ1v) is 10.0. The zero-order valence-corrected chi connectivity index (χ0v) is 15.3. The van der Waals surface area contributed by atoms with Crippen LogP contribution in [0, 0.1) is 0 Å². The van der Waals surface area contributed by atoms with Crippen molar-refractivity contribution in [2.24, 2.45) is 0 Å². The highest BCUT2D eigenvalue weighted by atomic mass is 32.2. The fourth-order valence-corrected chi connectivity index (χ4v) is 3.73. The van der Waals surface area contributed by atoms with Crippen molar-refractivity contribution in [2.75, 3.05) is 6.67 Å². The Morgan fingerprint density at radius 3 is 2.30 bits per heavy atom. The molecule has 1 unspecified atom stereocenters. The number of epoxide rings is 1. The number of hydrogen-bond donors (Lipinski definition) is 1. The number of halogens is 1. The first-order chi connectivity index (χ1) is 12.9. The summed E-state index contributed by atoms with van der Waals surface area (Å²) in [5, 5.41) is 10.9. The molecule has 0 aliphatic carbocycles. The van der Waals surface area contributed by atoms with Crippen LogP contribution in [0.3, 0.4) is 0 Å². The van der Waals surface area contributed by atoms with E-state index in [9.17, 15) is 17.9 Å². The summed E-state index contributed by atoms with van der Waals surface area (Å²) in [5.41, 5.74) is 0. The molecule has 0 bridgehead atoms. The van der Waals surface area contributed by atoms with Gasteiger partial charge >= 0.3 is 16.1 Å². The summed E-state index contributed by atoms with van der Waals surface area (Å²) < 4.78 is 53.4. The van der Waals surface area contributed by atoms with E-state index in [4.69, 9.17) is 13.7 Å². The fourth-order valence-electron chi connectivity index (χ4n) is 2.70. The molecule has 1 fully saturated rings. The third-order valence-electron chi connectivity index (χ3n) is 4.08. The summed E-state index contributed by atoms with van der Waals surface area (Å²) in [4.78, 5) is -0.116. The molecule has 1 aliphatic heterocycles. The zero-order chi connectivity index (χ0) is 19.3. The number of benzene rings is 2. The number of hydrogen-bond acceptors (Lipinski definition) is 6. The quantitative estimate of drug-likeness (QED) is 0.288. The monoisotopic (exact) mass is 396 g/mol. The summed E-state index contributed by atoms with van der Waals surface area (Å²) in [6.07, 6.45) is -0.103. The second kappa shape index (κ2) is 8.35. The molecule has 0 saturated carbocycles. The van der Waals surface area contributed by atoms with Gasteiger partial charge in [-0.1, -0.05) is 36.4 Å². The number of para-hydroxylation sites is 1. The molecular weight excluding hydrogens is 375 g/mol. The van der Waals surface area contributed by atoms with Crippen LogP contribution in [0.25, 0.3) is 0 Å². The Bertz CT molecular complexity index is 830. The van der Waals surface area contributed by atoms with Gasteiger partial charge in [0.15, 0.2) is 6.10 Å². The number of rotatable bonds is 10. The van der Waals surface area contributed by atoms with Gasteiger partial charge in [-0.2, -0.15) is 12.6 Å². The Morgan fingerprint density at radius 2 is 1.67 bits per heavy atom. The Morgan fingerprint density at radius 1 is 1.04 bits per heavy atom. The molecule has 0 spiro atoms. The van der Waals surface area contributed by atoms with Crippen LogP contribution in [0.2, 0.25) is 0 Å². The van der Waals surface area contributed by atoms with Gasteiger partial charge in [0, 0.05) is 0 Å². The molecular formula is C19H21FO6S. The number of ether oxygens (including phenoxy) is 2. The molecule has 0 aromatic heterocycles. The van der Waals surface area contributed by atoms with E-state index in [2.05, 4.69) is 0 Å². The van der Waals surface area contributed by atoms with Gasteiger partial charge in [-0.15, -0.1) is 0 Å². The maximum atomic E-state index is 12.6. The molecule has 8 heteroatoms. The normalized spacial score (nSPS) is 21.4. The van der Waals surface area contributed by atoms with Crippen molar-refractivity contribution in [3.05, 3.63) is 60.7 Å². The Labute approximate surface area is 157 Å². The summed E-state index contributed by atoms with van der Waals surface area (Å²) in [6, 6.07) is 15.7. The third kappa shape index (κ3) is 5.04. The number of alkyl halides is 1. The summed E-state index contributed by atoms with van der Waals surface area (Å²) in [7, 11) is -4.31. The predicted molar refractivity (Wildman–Crippen MR) is 95.2 cm³/mol. The van der Waals surface area contributed by atoms with Gasteiger partial charge in [-0.3, -0.25) is 4.39 Å². The van der Waals surface area contributed by atoms with Crippen molar-refractivity contribution >= 4 is 10.1 Å². The lowest BCUT2D eigenvalue weighted by Crippen LogP contribution is -2.47. The van der Waals surface area contributed by atoms with Crippen molar-refractivity contribution < 1.29 is 31.6 Å². The van der Waals surface area contributed by atoms with Crippen molar-refractivity contribution in [3.63, 3.8) is 0 Å². The highest BCUT2D eigenvalue weighted by Crippen LogP contribution is 2.39. The Balaban J connectivity index is 1.80. The van der Waals surface area contributed by atoms with E-state index >= 15 is 0 Å². The van der Waals surface area contributed by atoms with Gasteiger partial charge in [0.05, 0.1) is 17.7 Å². The molecule has 0 amide bonds. The zero-order valence-electron chi connectivity index (χ0n) is 14.5. The van der Waals surface area contributed by atoms with E-state index in [1.807, 2.05) is 0 Å². The smallest absolute Gasteiger partial charge is 0.369 e. The van der Waals surface area contributed by atoms with E-state index in [1.165, 1.54) is 12.1 Å². The van der Waals surface area contributed by atoms with Crippen LogP contribution in [0.4, 0.5) is 4.39 Å². The van der Waals surface area contributed by atoms with Crippen LogP contribution in [-0.2, 0) is 19.0 Å². The van der Waals surface area contributed by atoms with Gasteiger partial charge in [0.1, 0.15) is 5.75 Å². The summed E-state index contributed by atoms with van der Waals surface area (Å²) in [5.74, 6) is -2.31. The minimum Gasteiger partial charge on any atom is -0.436 e. The van der Waals surface area contributed by atoms with E-state index in [0.29, 0.717) is 19.3 Å². The summed E-state index contributed by atoms with van der Waals surface area (Å²) in [6.45, 7) is -0.443. The Hall–Kier alpha value is -2.00. The molecule has 2 aromatic carbocycles. The van der Waals surface area contributed by atoms with E-state index in [0.717, 1.165) is 0 Å². The van der Waals surface area contributed by atoms with Gasteiger partial charge in [0.2, 0.25) is 0 Å². The lowest BCUT2D eigenvalue weighted by Gasteiger charge is -2.26. The molecule has 1 aliphatic rings. The minimum atomic E-state index is -4.31. The molecule has 2 aromatic rings. The second-order valence-electron chi connectivity index (χ2n) is 6.18. The minimum absolute atomic E-state index is 0.116. The standard InChI is InChI=1S/C19H21FO6S/c20-14-8-7-13-17-18(24-17)19(21,25-15-9-3-1-4-10-15)26-27(22,23)16-11-5-2-6-12-16/h1-6,9-12,17-18,21H,7-8,13-14H2/t17-,18-,19?/m0/s1. The first-order valence-electron chi connectivity index (χ1n) is 8.63. The average Bonchev–Trinajstić information content (AvgIpc) is 3.44. The van der Waals surface area contributed by atoms with E-state index < -0.39 is 35.0 Å². The maximum Gasteiger partial charge on any atom is 0.369 e. The first kappa shape index (κ1) is 19.8. The fraction of sp³-hybridized carbons (Fsp3) is 0.368. The van der Waals surface area contributed by atoms with Crippen molar-refractivity contribution in [3.8, 4) is 5.75 Å².